The van der Waals surface area contributed by atoms with Crippen LogP contribution in [0.5, 0.6) is 0 Å². The summed E-state index contributed by atoms with van der Waals surface area (Å²) in [5.41, 5.74) is 4.29. The molecule has 0 spiro atoms. The summed E-state index contributed by atoms with van der Waals surface area (Å²) in [4.78, 5) is 11.6. The molecular formula is C13H11N3. The van der Waals surface area contributed by atoms with Crippen LogP contribution in [0.25, 0.3) is 22.2 Å². The highest BCUT2D eigenvalue weighted by atomic mass is 14.8. The normalized spacial score (nSPS) is 10.8. The summed E-state index contributed by atoms with van der Waals surface area (Å²) in [5.74, 6) is 0. The van der Waals surface area contributed by atoms with Crippen molar-refractivity contribution in [1.29, 1.82) is 0 Å². The number of rotatable bonds is 1. The number of H-pyrrole nitrogens is 1. The summed E-state index contributed by atoms with van der Waals surface area (Å²) >= 11 is 0. The predicted octanol–water partition coefficient (Wildman–Crippen LogP) is 2.93. The number of aryl methyl sites for hydroxylation is 1. The lowest BCUT2D eigenvalue weighted by Crippen LogP contribution is -1.84. The van der Waals surface area contributed by atoms with Gasteiger partial charge in [0.1, 0.15) is 5.65 Å². The van der Waals surface area contributed by atoms with E-state index in [-0.39, 0.29) is 0 Å². The van der Waals surface area contributed by atoms with Gasteiger partial charge in [0.2, 0.25) is 0 Å². The van der Waals surface area contributed by atoms with Gasteiger partial charge in [-0.15, -0.1) is 0 Å². The van der Waals surface area contributed by atoms with Crippen LogP contribution in [0, 0.1) is 6.92 Å². The Morgan fingerprint density at radius 2 is 1.94 bits per heavy atom. The van der Waals surface area contributed by atoms with Crippen LogP contribution in [-0.4, -0.2) is 15.0 Å². The first-order valence-corrected chi connectivity index (χ1v) is 5.18. The van der Waals surface area contributed by atoms with Crippen LogP contribution >= 0.6 is 0 Å². The maximum Gasteiger partial charge on any atom is 0.137 e. The van der Waals surface area contributed by atoms with Gasteiger partial charge in [-0.2, -0.15) is 0 Å². The van der Waals surface area contributed by atoms with Gasteiger partial charge in [-0.1, -0.05) is 0 Å². The Labute approximate surface area is 93.2 Å². The van der Waals surface area contributed by atoms with E-state index >= 15 is 0 Å². The molecule has 0 aliphatic heterocycles. The number of nitrogens with one attached hydrogen (secondary N) is 1. The Morgan fingerprint density at radius 3 is 2.81 bits per heavy atom. The number of aromatic nitrogens is 3. The Morgan fingerprint density at radius 1 is 1.06 bits per heavy atom. The van der Waals surface area contributed by atoms with E-state index in [1.807, 2.05) is 37.8 Å². The molecule has 3 heterocycles. The summed E-state index contributed by atoms with van der Waals surface area (Å²) in [6.07, 6.45) is 7.49. The Balaban J connectivity index is 2.18. The van der Waals surface area contributed by atoms with Crippen molar-refractivity contribution < 1.29 is 0 Å². The molecule has 0 aliphatic rings. The van der Waals surface area contributed by atoms with Gasteiger partial charge in [-0.25, -0.2) is 4.98 Å². The highest BCUT2D eigenvalue weighted by Gasteiger charge is 2.01. The largest absolute Gasteiger partial charge is 0.346 e. The summed E-state index contributed by atoms with van der Waals surface area (Å²) < 4.78 is 0. The van der Waals surface area contributed by atoms with Crippen molar-refractivity contribution in [2.45, 2.75) is 6.92 Å². The lowest BCUT2D eigenvalue weighted by molar-refractivity contribution is 1.26. The first-order valence-electron chi connectivity index (χ1n) is 5.18. The maximum atomic E-state index is 4.36. The molecule has 3 heteroatoms. The van der Waals surface area contributed by atoms with Crippen LogP contribution in [0.3, 0.4) is 0 Å². The van der Waals surface area contributed by atoms with Crippen molar-refractivity contribution >= 4 is 11.0 Å². The molecule has 0 bridgehead atoms. The molecule has 0 aliphatic carbocycles. The Bertz CT molecular complexity index is 640. The minimum atomic E-state index is 0.921. The van der Waals surface area contributed by atoms with E-state index < -0.39 is 0 Å². The predicted molar refractivity (Wildman–Crippen MR) is 64.1 cm³/mol. The molecule has 1 N–H and O–H groups in total. The van der Waals surface area contributed by atoms with E-state index in [2.05, 4.69) is 27.1 Å². The van der Waals surface area contributed by atoms with Crippen molar-refractivity contribution in [3.8, 4) is 11.1 Å². The van der Waals surface area contributed by atoms with Crippen molar-refractivity contribution in [2.75, 3.05) is 0 Å². The average molecular weight is 209 g/mol. The zero-order valence-corrected chi connectivity index (χ0v) is 8.94. The second-order valence-corrected chi connectivity index (χ2v) is 3.89. The van der Waals surface area contributed by atoms with Gasteiger partial charge < -0.3 is 4.98 Å². The molecule has 0 radical (unpaired) electrons. The van der Waals surface area contributed by atoms with E-state index in [0.717, 1.165) is 27.7 Å². The second-order valence-electron chi connectivity index (χ2n) is 3.89. The first kappa shape index (κ1) is 9.09. The van der Waals surface area contributed by atoms with Crippen LogP contribution in [0.15, 0.2) is 43.0 Å². The minimum absolute atomic E-state index is 0.921. The molecule has 0 atom stereocenters. The van der Waals surface area contributed by atoms with Gasteiger partial charge >= 0.3 is 0 Å². The summed E-state index contributed by atoms with van der Waals surface area (Å²) in [6, 6.07) is 6.26. The fraction of sp³-hybridized carbons (Fsp3) is 0.0769. The van der Waals surface area contributed by atoms with Crippen molar-refractivity contribution in [3.05, 3.63) is 48.5 Å². The monoisotopic (exact) mass is 209 g/mol. The number of aromatic amines is 1. The molecule has 3 aromatic rings. The van der Waals surface area contributed by atoms with Crippen LogP contribution in [-0.2, 0) is 0 Å². The van der Waals surface area contributed by atoms with Crippen LogP contribution in [0.1, 0.15) is 5.56 Å². The van der Waals surface area contributed by atoms with Gasteiger partial charge in [0.25, 0.3) is 0 Å². The quantitative estimate of drug-likeness (QED) is 0.669. The van der Waals surface area contributed by atoms with E-state index in [1.54, 1.807) is 0 Å². The molecule has 3 nitrogen and oxygen atoms in total. The third kappa shape index (κ3) is 1.46. The zero-order valence-electron chi connectivity index (χ0n) is 8.94. The molecule has 0 saturated heterocycles. The molecule has 0 saturated carbocycles. The van der Waals surface area contributed by atoms with Crippen LogP contribution < -0.4 is 0 Å². The summed E-state index contributed by atoms with van der Waals surface area (Å²) in [7, 11) is 0. The standard InChI is InChI=1S/C13H11N3/c1-9-4-11(7-14-6-9)12-5-10-2-3-15-13(10)16-8-12/h2-8H,1H3,(H,15,16). The molecule has 0 unspecified atom stereocenters. The molecular weight excluding hydrogens is 198 g/mol. The van der Waals surface area contributed by atoms with Gasteiger partial charge in [0, 0.05) is 41.3 Å². The van der Waals surface area contributed by atoms with Crippen LogP contribution in [0.2, 0.25) is 0 Å². The van der Waals surface area contributed by atoms with Crippen molar-refractivity contribution in [1.82, 2.24) is 15.0 Å². The second kappa shape index (κ2) is 3.45. The number of nitrogens with zero attached hydrogens (tertiary/aromatic N) is 2. The smallest absolute Gasteiger partial charge is 0.137 e. The van der Waals surface area contributed by atoms with E-state index in [0.29, 0.717) is 0 Å². The van der Waals surface area contributed by atoms with Crippen LogP contribution in [0.4, 0.5) is 0 Å². The Hall–Kier alpha value is -2.16. The fourth-order valence-corrected chi connectivity index (χ4v) is 1.81. The van der Waals surface area contributed by atoms with E-state index in [1.165, 1.54) is 0 Å². The molecule has 0 fully saturated rings. The lowest BCUT2D eigenvalue weighted by atomic mass is 10.1. The number of pyridine rings is 2. The molecule has 3 rings (SSSR count). The third-order valence-corrected chi connectivity index (χ3v) is 2.61. The Kier molecular flexibility index (Phi) is 1.96. The third-order valence-electron chi connectivity index (χ3n) is 2.61. The lowest BCUT2D eigenvalue weighted by Gasteiger charge is -2.01. The SMILES string of the molecule is Cc1cncc(-c2cnc3[nH]ccc3c2)c1. The highest BCUT2D eigenvalue weighted by molar-refractivity contribution is 5.81. The molecule has 0 aromatic carbocycles. The van der Waals surface area contributed by atoms with Gasteiger partial charge in [0.15, 0.2) is 0 Å². The molecule has 0 amide bonds. The van der Waals surface area contributed by atoms with Gasteiger partial charge in [-0.05, 0) is 30.7 Å². The van der Waals surface area contributed by atoms with E-state index in [4.69, 9.17) is 0 Å². The fourth-order valence-electron chi connectivity index (χ4n) is 1.81. The average Bonchev–Trinajstić information content (AvgIpc) is 2.75. The number of fused-ring (bicyclic) bond motifs is 1. The molecule has 78 valence electrons. The van der Waals surface area contributed by atoms with Gasteiger partial charge in [0.05, 0.1) is 0 Å². The summed E-state index contributed by atoms with van der Waals surface area (Å²) in [6.45, 7) is 2.04. The minimum Gasteiger partial charge on any atom is -0.346 e. The van der Waals surface area contributed by atoms with Gasteiger partial charge in [-0.3, -0.25) is 4.98 Å². The van der Waals surface area contributed by atoms with Crippen molar-refractivity contribution in [2.24, 2.45) is 0 Å². The number of hydrogen-bond acceptors (Lipinski definition) is 2. The molecule has 16 heavy (non-hydrogen) atoms. The maximum absolute atomic E-state index is 4.36. The zero-order chi connectivity index (χ0) is 11.0. The highest BCUT2D eigenvalue weighted by Crippen LogP contribution is 2.21. The first-order chi connectivity index (χ1) is 7.83. The topological polar surface area (TPSA) is 41.6 Å². The van der Waals surface area contributed by atoms with Crippen molar-refractivity contribution in [3.63, 3.8) is 0 Å². The summed E-state index contributed by atoms with van der Waals surface area (Å²) in [5, 5.41) is 1.12. The molecule has 3 aromatic heterocycles. The number of hydrogen-bond donors (Lipinski definition) is 1. The van der Waals surface area contributed by atoms with E-state index in [9.17, 15) is 0 Å².